The third-order valence-corrected chi connectivity index (χ3v) is 7.32. The van der Waals surface area contributed by atoms with Crippen molar-refractivity contribution >= 4 is 17.1 Å². The number of hydrogen-bond acceptors (Lipinski definition) is 7. The van der Waals surface area contributed by atoms with Gasteiger partial charge in [0, 0.05) is 0 Å². The van der Waals surface area contributed by atoms with Gasteiger partial charge in [-0.2, -0.15) is 0 Å². The smallest absolute Gasteiger partial charge is 0.410 e. The van der Waals surface area contributed by atoms with Gasteiger partial charge >= 0.3 is 6.09 Å². The zero-order chi connectivity index (χ0) is 27.9. The van der Waals surface area contributed by atoms with Crippen LogP contribution in [0.4, 0.5) is 4.79 Å². The Morgan fingerprint density at radius 2 is 1.29 bits per heavy atom. The number of rotatable bonds is 10. The van der Waals surface area contributed by atoms with Crippen molar-refractivity contribution in [3.8, 4) is 0 Å². The molecule has 1 amide bonds. The van der Waals surface area contributed by atoms with Crippen LogP contribution in [0, 0.1) is 0 Å². The Morgan fingerprint density at radius 3 is 1.95 bits per heavy atom. The van der Waals surface area contributed by atoms with Crippen LogP contribution in [0.1, 0.15) is 22.3 Å². The average Bonchev–Trinajstić information content (AvgIpc) is 3.63. The van der Waals surface area contributed by atoms with Crippen LogP contribution in [-0.2, 0) is 40.5 Å². The third kappa shape index (κ3) is 6.62. The second-order valence-corrected chi connectivity index (χ2v) is 10.1. The summed E-state index contributed by atoms with van der Waals surface area (Å²) < 4.78 is 23.7. The molecule has 0 N–H and O–H groups in total. The predicted octanol–water partition coefficient (Wildman–Crippen LogP) is 5.96. The lowest BCUT2D eigenvalue weighted by Crippen LogP contribution is -2.42. The van der Waals surface area contributed by atoms with Crippen molar-refractivity contribution in [3.05, 3.63) is 131 Å². The first kappa shape index (κ1) is 26.7. The molecule has 8 nitrogen and oxygen atoms in total. The number of carbonyl (C=O) groups excluding carboxylic acids is 1. The minimum Gasteiger partial charge on any atom is -0.445 e. The molecule has 41 heavy (non-hydrogen) atoms. The van der Waals surface area contributed by atoms with E-state index in [2.05, 4.69) is 10.3 Å². The summed E-state index contributed by atoms with van der Waals surface area (Å²) in [4.78, 5) is 15.3. The van der Waals surface area contributed by atoms with Gasteiger partial charge in [-0.15, -0.1) is 0 Å². The SMILES string of the molecule is O=C(OCc1ccccc1)N1C[C@H](OCc2ccccc2)[C@@H](OCc2ccccc2)[C@H]1Cc1ccc2nonc2c1. The molecule has 5 aromatic rings. The molecular weight excluding hydrogens is 518 g/mol. The lowest BCUT2D eigenvalue weighted by atomic mass is 10.0. The van der Waals surface area contributed by atoms with Crippen molar-refractivity contribution < 1.29 is 23.6 Å². The molecule has 6 rings (SSSR count). The molecule has 0 bridgehead atoms. The van der Waals surface area contributed by atoms with E-state index in [9.17, 15) is 4.79 Å². The molecule has 0 unspecified atom stereocenters. The Morgan fingerprint density at radius 1 is 0.707 bits per heavy atom. The van der Waals surface area contributed by atoms with E-state index >= 15 is 0 Å². The Hall–Kier alpha value is -4.53. The summed E-state index contributed by atoms with van der Waals surface area (Å²) in [7, 11) is 0. The monoisotopic (exact) mass is 549 g/mol. The number of nitrogens with zero attached hydrogens (tertiary/aromatic N) is 3. The number of carbonyl (C=O) groups is 1. The molecule has 0 aliphatic carbocycles. The highest BCUT2D eigenvalue weighted by Gasteiger charge is 2.46. The molecule has 208 valence electrons. The minimum atomic E-state index is -0.401. The van der Waals surface area contributed by atoms with Crippen molar-refractivity contribution in [2.45, 2.75) is 44.5 Å². The molecule has 1 aliphatic heterocycles. The van der Waals surface area contributed by atoms with Gasteiger partial charge in [-0.25, -0.2) is 9.42 Å². The van der Waals surface area contributed by atoms with Gasteiger partial charge in [0.15, 0.2) is 0 Å². The number of likely N-dealkylation sites (tertiary alicyclic amines) is 1. The molecule has 1 aromatic heterocycles. The quantitative estimate of drug-likeness (QED) is 0.213. The van der Waals surface area contributed by atoms with E-state index in [1.54, 1.807) is 4.90 Å². The maximum absolute atomic E-state index is 13.6. The Balaban J connectivity index is 1.27. The average molecular weight is 550 g/mol. The van der Waals surface area contributed by atoms with E-state index < -0.39 is 12.2 Å². The highest BCUT2D eigenvalue weighted by atomic mass is 16.6. The number of ether oxygens (including phenoxy) is 3. The number of benzene rings is 4. The molecule has 3 atom stereocenters. The van der Waals surface area contributed by atoms with E-state index in [0.717, 1.165) is 22.3 Å². The zero-order valence-corrected chi connectivity index (χ0v) is 22.5. The Bertz CT molecular complexity index is 1540. The van der Waals surface area contributed by atoms with Crippen molar-refractivity contribution in [2.24, 2.45) is 0 Å². The van der Waals surface area contributed by atoms with Gasteiger partial charge in [-0.3, -0.25) is 4.90 Å². The number of hydrogen-bond donors (Lipinski definition) is 0. The summed E-state index contributed by atoms with van der Waals surface area (Å²) in [5, 5.41) is 7.91. The zero-order valence-electron chi connectivity index (χ0n) is 22.5. The maximum atomic E-state index is 13.6. The predicted molar refractivity (Wildman–Crippen MR) is 153 cm³/mol. The van der Waals surface area contributed by atoms with E-state index in [1.165, 1.54) is 0 Å². The van der Waals surface area contributed by atoms with Crippen LogP contribution in [-0.4, -0.2) is 46.1 Å². The van der Waals surface area contributed by atoms with Crippen LogP contribution in [0.3, 0.4) is 0 Å². The molecule has 1 fully saturated rings. The second kappa shape index (κ2) is 12.8. The third-order valence-electron chi connectivity index (χ3n) is 7.32. The summed E-state index contributed by atoms with van der Waals surface area (Å²) in [5.41, 5.74) is 5.36. The largest absolute Gasteiger partial charge is 0.445 e. The molecule has 8 heteroatoms. The van der Waals surface area contributed by atoms with Crippen LogP contribution in [0.15, 0.2) is 114 Å². The van der Waals surface area contributed by atoms with Crippen molar-refractivity contribution in [3.63, 3.8) is 0 Å². The Kier molecular flexibility index (Phi) is 8.30. The molecular formula is C33H31N3O5. The standard InChI is InChI=1S/C33H31N3O5/c37-33(40-23-26-14-8-3-9-15-26)36-20-31(38-21-24-10-4-1-5-11-24)32(39-22-25-12-6-2-7-13-25)30(36)19-27-16-17-28-29(18-27)35-41-34-28/h1-18,30-32H,19-23H2/t30-,31+,32+/m1/s1. The maximum Gasteiger partial charge on any atom is 0.410 e. The van der Waals surface area contributed by atoms with Crippen LogP contribution in [0.25, 0.3) is 11.0 Å². The summed E-state index contributed by atoms with van der Waals surface area (Å²) >= 11 is 0. The summed E-state index contributed by atoms with van der Waals surface area (Å²) in [6.07, 6.45) is -0.629. The van der Waals surface area contributed by atoms with E-state index in [4.69, 9.17) is 18.8 Å². The van der Waals surface area contributed by atoms with Gasteiger partial charge in [0.25, 0.3) is 0 Å². The lowest BCUT2D eigenvalue weighted by Gasteiger charge is -2.28. The number of amides is 1. The first-order chi connectivity index (χ1) is 20.2. The number of fused-ring (bicyclic) bond motifs is 1. The van der Waals surface area contributed by atoms with Crippen LogP contribution in [0.5, 0.6) is 0 Å². The first-order valence-corrected chi connectivity index (χ1v) is 13.7. The van der Waals surface area contributed by atoms with Gasteiger partial charge in [-0.1, -0.05) is 97.1 Å². The molecule has 0 spiro atoms. The van der Waals surface area contributed by atoms with Crippen LogP contribution < -0.4 is 0 Å². The molecule has 1 aliphatic rings. The van der Waals surface area contributed by atoms with E-state index in [1.807, 2.05) is 109 Å². The molecule has 2 heterocycles. The van der Waals surface area contributed by atoms with E-state index in [-0.39, 0.29) is 18.8 Å². The molecule has 0 saturated carbocycles. The lowest BCUT2D eigenvalue weighted by molar-refractivity contribution is -0.0707. The fourth-order valence-electron chi connectivity index (χ4n) is 5.20. The first-order valence-electron chi connectivity index (χ1n) is 13.7. The van der Waals surface area contributed by atoms with Gasteiger partial charge in [0.05, 0.1) is 25.8 Å². The van der Waals surface area contributed by atoms with E-state index in [0.29, 0.717) is 37.2 Å². The summed E-state index contributed by atoms with van der Waals surface area (Å²) in [6, 6.07) is 35.1. The topological polar surface area (TPSA) is 86.9 Å². The second-order valence-electron chi connectivity index (χ2n) is 10.1. The molecule has 4 aromatic carbocycles. The van der Waals surface area contributed by atoms with Gasteiger partial charge < -0.3 is 14.2 Å². The molecule has 1 saturated heterocycles. The summed E-state index contributed by atoms with van der Waals surface area (Å²) in [6.45, 7) is 1.34. The van der Waals surface area contributed by atoms with Crippen LogP contribution in [0.2, 0.25) is 0 Å². The highest BCUT2D eigenvalue weighted by molar-refractivity contribution is 5.74. The minimum absolute atomic E-state index is 0.185. The normalized spacial score (nSPS) is 18.5. The van der Waals surface area contributed by atoms with Crippen LogP contribution >= 0.6 is 0 Å². The van der Waals surface area contributed by atoms with Gasteiger partial charge in [-0.05, 0) is 51.1 Å². The fourth-order valence-corrected chi connectivity index (χ4v) is 5.20. The van der Waals surface area contributed by atoms with Gasteiger partial charge in [0.1, 0.15) is 29.8 Å². The van der Waals surface area contributed by atoms with Crippen molar-refractivity contribution in [1.82, 2.24) is 15.2 Å². The fraction of sp³-hybridized carbons (Fsp3) is 0.242. The highest BCUT2D eigenvalue weighted by Crippen LogP contribution is 2.30. The summed E-state index contributed by atoms with van der Waals surface area (Å²) in [5.74, 6) is 0. The van der Waals surface area contributed by atoms with Gasteiger partial charge in [0.2, 0.25) is 0 Å². The van der Waals surface area contributed by atoms with Crippen molar-refractivity contribution in [1.29, 1.82) is 0 Å². The molecule has 0 radical (unpaired) electrons. The van der Waals surface area contributed by atoms with Crippen molar-refractivity contribution in [2.75, 3.05) is 6.54 Å². The Labute approximate surface area is 238 Å². The number of aromatic nitrogens is 2.